The summed E-state index contributed by atoms with van der Waals surface area (Å²) in [6.45, 7) is 2.33. The second-order valence-electron chi connectivity index (χ2n) is 9.29. The van der Waals surface area contributed by atoms with E-state index in [9.17, 15) is 14.3 Å². The third kappa shape index (κ3) is 4.92. The zero-order valence-electron chi connectivity index (χ0n) is 19.3. The lowest BCUT2D eigenvalue weighted by Crippen LogP contribution is -2.29. The Hall–Kier alpha value is -2.54. The molecule has 1 aliphatic carbocycles. The summed E-state index contributed by atoms with van der Waals surface area (Å²) in [5.74, 6) is 2.45. The van der Waals surface area contributed by atoms with Gasteiger partial charge in [-0.3, -0.25) is 4.79 Å². The molecule has 0 unspecified atom stereocenters. The molecule has 1 saturated carbocycles. The standard InChI is InChI=1S/C24H27FIN5O4/c1-12(32)21(33)14-4-2-13(3-5-14)6-7-31-19(28-20-22(27)29-24(25)30-23(20)31)9-15-8-17-18(10-16(15)26)35-11-34-17/h8,10,12-14,32H,2-7,9,11H2,1H3,(H2,27,29,30)/t12-,13?,14?/m0/s1. The molecule has 1 aliphatic heterocycles. The number of benzene rings is 1. The van der Waals surface area contributed by atoms with Crippen molar-refractivity contribution in [2.24, 2.45) is 11.8 Å². The van der Waals surface area contributed by atoms with Crippen LogP contribution in [0.1, 0.15) is 50.4 Å². The largest absolute Gasteiger partial charge is 0.454 e. The van der Waals surface area contributed by atoms with E-state index in [-0.39, 0.29) is 24.3 Å². The Morgan fingerprint density at radius 3 is 2.66 bits per heavy atom. The molecule has 3 N–H and O–H groups in total. The number of nitrogen functional groups attached to an aromatic ring is 1. The first-order valence-corrected chi connectivity index (χ1v) is 12.9. The van der Waals surface area contributed by atoms with Gasteiger partial charge in [-0.2, -0.15) is 14.4 Å². The van der Waals surface area contributed by atoms with E-state index >= 15 is 0 Å². The molecule has 2 aliphatic rings. The molecule has 2 aromatic heterocycles. The Morgan fingerprint density at radius 2 is 1.94 bits per heavy atom. The average Bonchev–Trinajstić information content (AvgIpc) is 3.41. The Labute approximate surface area is 215 Å². The predicted octanol–water partition coefficient (Wildman–Crippen LogP) is 3.62. The number of aliphatic hydroxyl groups is 1. The van der Waals surface area contributed by atoms with Crippen LogP contribution in [0.2, 0.25) is 0 Å². The van der Waals surface area contributed by atoms with Crippen molar-refractivity contribution in [3.63, 3.8) is 0 Å². The number of carbonyl (C=O) groups excluding carboxylic acids is 1. The number of nitrogens with two attached hydrogens (primary N) is 1. The van der Waals surface area contributed by atoms with Gasteiger partial charge in [0, 0.05) is 22.5 Å². The molecule has 1 aromatic carbocycles. The van der Waals surface area contributed by atoms with Gasteiger partial charge < -0.3 is 24.9 Å². The third-order valence-corrected chi connectivity index (χ3v) is 7.99. The normalized spacial score (nSPS) is 20.3. The SMILES string of the molecule is C[C@H](O)C(=O)C1CCC(CCn2c(Cc3cc4c(cc3I)OCO4)nc3c(N)nc(F)nc32)CC1. The quantitative estimate of drug-likeness (QED) is 0.314. The number of aryl methyl sites for hydroxylation is 1. The van der Waals surface area contributed by atoms with Gasteiger partial charge in [0.15, 0.2) is 34.3 Å². The molecule has 1 fully saturated rings. The number of anilines is 1. The van der Waals surface area contributed by atoms with Gasteiger partial charge in [-0.05, 0) is 85.2 Å². The van der Waals surface area contributed by atoms with Crippen molar-refractivity contribution in [1.29, 1.82) is 0 Å². The van der Waals surface area contributed by atoms with Crippen LogP contribution in [0.25, 0.3) is 11.2 Å². The fourth-order valence-electron chi connectivity index (χ4n) is 5.06. The number of nitrogens with zero attached hydrogens (tertiary/aromatic N) is 4. The summed E-state index contributed by atoms with van der Waals surface area (Å²) < 4.78 is 28.0. The number of halogens is 2. The number of ketones is 1. The number of carbonyl (C=O) groups is 1. The summed E-state index contributed by atoms with van der Waals surface area (Å²) >= 11 is 2.26. The van der Waals surface area contributed by atoms with Crippen molar-refractivity contribution >= 4 is 45.4 Å². The Morgan fingerprint density at radius 1 is 1.23 bits per heavy atom. The Bertz CT molecular complexity index is 1270. The molecule has 3 heterocycles. The predicted molar refractivity (Wildman–Crippen MR) is 135 cm³/mol. The van der Waals surface area contributed by atoms with Gasteiger partial charge in [0.25, 0.3) is 0 Å². The fraction of sp³-hybridized carbons (Fsp3) is 0.500. The van der Waals surface area contributed by atoms with Crippen LogP contribution in [0.4, 0.5) is 10.2 Å². The minimum Gasteiger partial charge on any atom is -0.454 e. The molecule has 11 heteroatoms. The highest BCUT2D eigenvalue weighted by molar-refractivity contribution is 14.1. The summed E-state index contributed by atoms with van der Waals surface area (Å²) in [6.07, 6.45) is 2.94. The van der Waals surface area contributed by atoms with Gasteiger partial charge >= 0.3 is 6.08 Å². The number of rotatable bonds is 7. The highest BCUT2D eigenvalue weighted by Crippen LogP contribution is 2.37. The molecule has 3 aromatic rings. The molecule has 0 bridgehead atoms. The van der Waals surface area contributed by atoms with E-state index < -0.39 is 12.2 Å². The van der Waals surface area contributed by atoms with Gasteiger partial charge in [-0.25, -0.2) is 4.98 Å². The number of fused-ring (bicyclic) bond motifs is 2. The van der Waals surface area contributed by atoms with Crippen LogP contribution in [0.3, 0.4) is 0 Å². The third-order valence-electron chi connectivity index (χ3n) is 6.99. The fourth-order valence-corrected chi connectivity index (χ4v) is 5.69. The number of aliphatic hydroxyl groups excluding tert-OH is 1. The molecule has 0 spiro atoms. The molecular weight excluding hydrogens is 568 g/mol. The van der Waals surface area contributed by atoms with Crippen molar-refractivity contribution in [2.45, 2.75) is 58.1 Å². The summed E-state index contributed by atoms with van der Waals surface area (Å²) in [7, 11) is 0. The van der Waals surface area contributed by atoms with Gasteiger partial charge in [-0.1, -0.05) is 0 Å². The molecule has 0 saturated heterocycles. The maximum atomic E-state index is 14.1. The van der Waals surface area contributed by atoms with E-state index in [4.69, 9.17) is 20.2 Å². The van der Waals surface area contributed by atoms with E-state index in [0.29, 0.717) is 41.5 Å². The maximum Gasteiger partial charge on any atom is 0.312 e. The summed E-state index contributed by atoms with van der Waals surface area (Å²) in [5.41, 5.74) is 7.78. The van der Waals surface area contributed by atoms with Crippen LogP contribution in [0, 0.1) is 21.5 Å². The van der Waals surface area contributed by atoms with E-state index in [1.165, 1.54) is 6.92 Å². The minimum atomic E-state index is -0.907. The van der Waals surface area contributed by atoms with Crippen molar-refractivity contribution in [3.8, 4) is 11.5 Å². The van der Waals surface area contributed by atoms with Gasteiger partial charge in [-0.15, -0.1) is 0 Å². The molecule has 35 heavy (non-hydrogen) atoms. The average molecular weight is 595 g/mol. The van der Waals surface area contributed by atoms with E-state index in [1.54, 1.807) is 0 Å². The topological polar surface area (TPSA) is 125 Å². The van der Waals surface area contributed by atoms with Crippen LogP contribution in [-0.2, 0) is 17.8 Å². The number of hydrogen-bond acceptors (Lipinski definition) is 8. The first-order chi connectivity index (χ1) is 16.8. The van der Waals surface area contributed by atoms with Crippen LogP contribution < -0.4 is 15.2 Å². The maximum absolute atomic E-state index is 14.1. The van der Waals surface area contributed by atoms with E-state index in [2.05, 4.69) is 32.6 Å². The number of Topliss-reactive ketones (excluding diaryl/α,β-unsaturated/α-hetero) is 1. The summed E-state index contributed by atoms with van der Waals surface area (Å²) in [4.78, 5) is 24.5. The summed E-state index contributed by atoms with van der Waals surface area (Å²) in [5, 5.41) is 9.61. The van der Waals surface area contributed by atoms with E-state index in [0.717, 1.165) is 47.1 Å². The van der Waals surface area contributed by atoms with Crippen molar-refractivity contribution in [3.05, 3.63) is 33.2 Å². The number of imidazole rings is 1. The molecule has 1 atom stereocenters. The number of ether oxygens (including phenoxy) is 2. The molecular formula is C24H27FIN5O4. The molecule has 0 amide bonds. The van der Waals surface area contributed by atoms with Gasteiger partial charge in [0.1, 0.15) is 11.9 Å². The molecule has 5 rings (SSSR count). The lowest BCUT2D eigenvalue weighted by Gasteiger charge is -2.28. The number of aromatic nitrogens is 4. The van der Waals surface area contributed by atoms with Crippen LogP contribution >= 0.6 is 22.6 Å². The minimum absolute atomic E-state index is 0.0185. The van der Waals surface area contributed by atoms with E-state index in [1.807, 2.05) is 16.7 Å². The van der Waals surface area contributed by atoms with Crippen molar-refractivity contribution < 1.29 is 23.8 Å². The van der Waals surface area contributed by atoms with Crippen LogP contribution in [0.5, 0.6) is 11.5 Å². The first-order valence-electron chi connectivity index (χ1n) is 11.8. The lowest BCUT2D eigenvalue weighted by atomic mass is 9.78. The lowest BCUT2D eigenvalue weighted by molar-refractivity contribution is -0.131. The highest BCUT2D eigenvalue weighted by atomic mass is 127. The highest BCUT2D eigenvalue weighted by Gasteiger charge is 2.29. The second kappa shape index (κ2) is 9.84. The second-order valence-corrected chi connectivity index (χ2v) is 10.5. The first kappa shape index (κ1) is 24.2. The zero-order valence-corrected chi connectivity index (χ0v) is 21.5. The van der Waals surface area contributed by atoms with Gasteiger partial charge in [0.2, 0.25) is 6.79 Å². The molecule has 9 nitrogen and oxygen atoms in total. The zero-order chi connectivity index (χ0) is 24.7. The molecule has 186 valence electrons. The smallest absolute Gasteiger partial charge is 0.312 e. The van der Waals surface area contributed by atoms with Crippen molar-refractivity contribution in [2.75, 3.05) is 12.5 Å². The van der Waals surface area contributed by atoms with Crippen LogP contribution in [-0.4, -0.2) is 43.3 Å². The Balaban J connectivity index is 1.38. The number of hydrogen-bond donors (Lipinski definition) is 2. The Kier molecular flexibility index (Phi) is 6.80. The molecule has 0 radical (unpaired) electrons. The van der Waals surface area contributed by atoms with Gasteiger partial charge in [0.05, 0.1) is 0 Å². The summed E-state index contributed by atoms with van der Waals surface area (Å²) in [6, 6.07) is 3.88. The van der Waals surface area contributed by atoms with Crippen LogP contribution in [0.15, 0.2) is 12.1 Å². The van der Waals surface area contributed by atoms with Crippen molar-refractivity contribution in [1.82, 2.24) is 19.5 Å². The monoisotopic (exact) mass is 595 g/mol.